The summed E-state index contributed by atoms with van der Waals surface area (Å²) in [4.78, 5) is 24.1. The van der Waals surface area contributed by atoms with Gasteiger partial charge >= 0.3 is 5.97 Å². The van der Waals surface area contributed by atoms with Crippen LogP contribution in [-0.2, 0) is 9.53 Å². The third kappa shape index (κ3) is 5.52. The molecule has 2 aromatic rings. The van der Waals surface area contributed by atoms with Gasteiger partial charge in [0, 0.05) is 5.69 Å². The van der Waals surface area contributed by atoms with E-state index in [-0.39, 0.29) is 10.6 Å². The van der Waals surface area contributed by atoms with Gasteiger partial charge in [-0.05, 0) is 43.3 Å². The van der Waals surface area contributed by atoms with Crippen LogP contribution in [0.25, 0.3) is 0 Å². The summed E-state index contributed by atoms with van der Waals surface area (Å²) in [6.45, 7) is 1.75. The molecule has 2 rings (SSSR count). The van der Waals surface area contributed by atoms with Gasteiger partial charge in [0.2, 0.25) is 0 Å². The first-order valence-electron chi connectivity index (χ1n) is 8.09. The quantitative estimate of drug-likeness (QED) is 0.690. The third-order valence-corrected chi connectivity index (χ3v) is 3.74. The van der Waals surface area contributed by atoms with E-state index in [2.05, 4.69) is 5.32 Å². The molecule has 2 aromatic carbocycles. The highest BCUT2D eigenvalue weighted by Gasteiger charge is 2.17. The minimum Gasteiger partial charge on any atom is -0.497 e. The highest BCUT2D eigenvalue weighted by atomic mass is 35.5. The van der Waals surface area contributed by atoms with Gasteiger partial charge in [0.1, 0.15) is 5.75 Å². The van der Waals surface area contributed by atoms with Crippen LogP contribution < -0.4 is 19.5 Å². The van der Waals surface area contributed by atoms with Gasteiger partial charge < -0.3 is 24.3 Å². The number of methoxy groups -OCH3 is 2. The van der Waals surface area contributed by atoms with Crippen LogP contribution in [0.4, 0.5) is 5.69 Å². The van der Waals surface area contributed by atoms with Crippen molar-refractivity contribution in [3.05, 3.63) is 47.0 Å². The van der Waals surface area contributed by atoms with E-state index in [1.54, 1.807) is 38.3 Å². The molecule has 0 aromatic heterocycles. The van der Waals surface area contributed by atoms with Gasteiger partial charge in [-0.3, -0.25) is 4.79 Å². The van der Waals surface area contributed by atoms with E-state index in [1.807, 2.05) is 0 Å². The van der Waals surface area contributed by atoms with E-state index < -0.39 is 18.5 Å². The number of benzene rings is 2. The lowest BCUT2D eigenvalue weighted by atomic mass is 10.2. The monoisotopic (exact) mass is 393 g/mol. The van der Waals surface area contributed by atoms with Gasteiger partial charge in [-0.15, -0.1) is 0 Å². The molecule has 0 atom stereocenters. The van der Waals surface area contributed by atoms with Gasteiger partial charge in [-0.2, -0.15) is 0 Å². The van der Waals surface area contributed by atoms with Crippen molar-refractivity contribution in [3.63, 3.8) is 0 Å². The van der Waals surface area contributed by atoms with Crippen molar-refractivity contribution in [2.45, 2.75) is 6.92 Å². The van der Waals surface area contributed by atoms with Crippen molar-refractivity contribution in [1.29, 1.82) is 0 Å². The van der Waals surface area contributed by atoms with Crippen LogP contribution >= 0.6 is 11.6 Å². The Balaban J connectivity index is 1.98. The van der Waals surface area contributed by atoms with E-state index in [1.165, 1.54) is 19.2 Å². The Bertz CT molecular complexity index is 807. The molecule has 1 amide bonds. The average molecular weight is 394 g/mol. The zero-order chi connectivity index (χ0) is 19.8. The number of carbonyl (C=O) groups excluding carboxylic acids is 2. The Morgan fingerprint density at radius 2 is 1.78 bits per heavy atom. The molecule has 0 heterocycles. The van der Waals surface area contributed by atoms with Crippen LogP contribution in [0.15, 0.2) is 36.4 Å². The number of rotatable bonds is 8. The van der Waals surface area contributed by atoms with Gasteiger partial charge in [0.05, 0.1) is 31.4 Å². The number of nitrogens with one attached hydrogen (secondary N) is 1. The normalized spacial score (nSPS) is 10.1. The lowest BCUT2D eigenvalue weighted by molar-refractivity contribution is -0.119. The fraction of sp³-hybridized carbons (Fsp3) is 0.263. The van der Waals surface area contributed by atoms with E-state index in [0.717, 1.165) is 0 Å². The summed E-state index contributed by atoms with van der Waals surface area (Å²) in [5, 5.41) is 2.83. The Morgan fingerprint density at radius 3 is 2.37 bits per heavy atom. The van der Waals surface area contributed by atoms with Gasteiger partial charge in [-0.25, -0.2) is 4.79 Å². The molecule has 0 aliphatic heterocycles. The smallest absolute Gasteiger partial charge is 0.338 e. The number of carbonyl (C=O) groups is 2. The molecule has 1 N–H and O–H groups in total. The molecule has 0 saturated carbocycles. The number of anilines is 1. The van der Waals surface area contributed by atoms with Crippen molar-refractivity contribution >= 4 is 29.2 Å². The lowest BCUT2D eigenvalue weighted by Gasteiger charge is -2.13. The second-order valence-corrected chi connectivity index (χ2v) is 5.68. The summed E-state index contributed by atoms with van der Waals surface area (Å²) in [6.07, 6.45) is 0. The number of amides is 1. The van der Waals surface area contributed by atoms with E-state index in [9.17, 15) is 9.59 Å². The maximum atomic E-state index is 12.2. The van der Waals surface area contributed by atoms with Crippen molar-refractivity contribution in [3.8, 4) is 17.2 Å². The van der Waals surface area contributed by atoms with Gasteiger partial charge in [-0.1, -0.05) is 11.6 Å². The van der Waals surface area contributed by atoms with Crippen molar-refractivity contribution in [2.24, 2.45) is 0 Å². The predicted octanol–water partition coefficient (Wildman–Crippen LogP) is 3.55. The van der Waals surface area contributed by atoms with Crippen molar-refractivity contribution in [1.82, 2.24) is 0 Å². The maximum absolute atomic E-state index is 12.2. The van der Waals surface area contributed by atoms with E-state index in [0.29, 0.717) is 29.5 Å². The summed E-state index contributed by atoms with van der Waals surface area (Å²) in [7, 11) is 2.99. The van der Waals surface area contributed by atoms with Crippen LogP contribution in [0.5, 0.6) is 17.2 Å². The van der Waals surface area contributed by atoms with Crippen molar-refractivity contribution < 1.29 is 28.5 Å². The molecule has 0 radical (unpaired) electrons. The lowest BCUT2D eigenvalue weighted by Crippen LogP contribution is -2.21. The number of hydrogen-bond acceptors (Lipinski definition) is 6. The second kappa shape index (κ2) is 9.68. The summed E-state index contributed by atoms with van der Waals surface area (Å²) in [6, 6.07) is 9.61. The van der Waals surface area contributed by atoms with Crippen LogP contribution in [0, 0.1) is 0 Å². The fourth-order valence-corrected chi connectivity index (χ4v) is 2.47. The molecule has 0 unspecified atom stereocenters. The maximum Gasteiger partial charge on any atom is 0.338 e. The second-order valence-electron chi connectivity index (χ2n) is 5.28. The average Bonchev–Trinajstić information content (AvgIpc) is 2.68. The number of esters is 1. The molecule has 8 heteroatoms. The van der Waals surface area contributed by atoms with E-state index >= 15 is 0 Å². The zero-order valence-electron chi connectivity index (χ0n) is 15.2. The minimum absolute atomic E-state index is 0.151. The number of hydrogen-bond donors (Lipinski definition) is 1. The first-order chi connectivity index (χ1) is 13.0. The third-order valence-electron chi connectivity index (χ3n) is 3.46. The number of halogens is 1. The van der Waals surface area contributed by atoms with Gasteiger partial charge in [0.15, 0.2) is 18.1 Å². The highest BCUT2D eigenvalue weighted by Crippen LogP contribution is 2.36. The van der Waals surface area contributed by atoms with Crippen molar-refractivity contribution in [2.75, 3.05) is 32.8 Å². The zero-order valence-corrected chi connectivity index (χ0v) is 16.0. The standard InChI is InChI=1S/C19H20ClNO6/c1-4-26-18-15(20)9-12(10-16(18)25-3)19(23)27-11-17(22)21-13-5-7-14(24-2)8-6-13/h5-10H,4,11H2,1-3H3,(H,21,22). The summed E-state index contributed by atoms with van der Waals surface area (Å²) >= 11 is 6.13. The van der Waals surface area contributed by atoms with Gasteiger partial charge in [0.25, 0.3) is 5.91 Å². The summed E-state index contributed by atoms with van der Waals surface area (Å²) in [5.74, 6) is 0.135. The first-order valence-corrected chi connectivity index (χ1v) is 8.47. The van der Waals surface area contributed by atoms with Crippen LogP contribution in [0.1, 0.15) is 17.3 Å². The molecule has 144 valence electrons. The first kappa shape index (κ1) is 20.4. The number of ether oxygens (including phenoxy) is 4. The molecular formula is C19H20ClNO6. The molecular weight excluding hydrogens is 374 g/mol. The SMILES string of the molecule is CCOc1c(Cl)cc(C(=O)OCC(=O)Nc2ccc(OC)cc2)cc1OC. The topological polar surface area (TPSA) is 83.1 Å². The molecule has 0 aliphatic rings. The molecule has 0 aliphatic carbocycles. The molecule has 0 saturated heterocycles. The molecule has 27 heavy (non-hydrogen) atoms. The highest BCUT2D eigenvalue weighted by molar-refractivity contribution is 6.32. The predicted molar refractivity (Wildman–Crippen MR) is 101 cm³/mol. The molecule has 7 nitrogen and oxygen atoms in total. The fourth-order valence-electron chi connectivity index (χ4n) is 2.21. The minimum atomic E-state index is -0.705. The van der Waals surface area contributed by atoms with E-state index in [4.69, 9.17) is 30.5 Å². The Kier molecular flexibility index (Phi) is 7.31. The summed E-state index contributed by atoms with van der Waals surface area (Å²) in [5.41, 5.74) is 0.709. The summed E-state index contributed by atoms with van der Waals surface area (Å²) < 4.78 is 20.7. The molecule has 0 bridgehead atoms. The van der Waals surface area contributed by atoms with Crippen LogP contribution in [-0.4, -0.2) is 39.3 Å². The van der Waals surface area contributed by atoms with Crippen LogP contribution in [0.3, 0.4) is 0 Å². The Hall–Kier alpha value is -2.93. The largest absolute Gasteiger partial charge is 0.497 e. The van der Waals surface area contributed by atoms with Crippen LogP contribution in [0.2, 0.25) is 5.02 Å². The molecule has 0 fully saturated rings. The Morgan fingerprint density at radius 1 is 1.07 bits per heavy atom. The Labute approximate surface area is 162 Å². The molecule has 0 spiro atoms.